The quantitative estimate of drug-likeness (QED) is 0.775. The van der Waals surface area contributed by atoms with Gasteiger partial charge in [0.2, 0.25) is 0 Å². The van der Waals surface area contributed by atoms with Crippen LogP contribution in [0, 0.1) is 5.41 Å². The molecule has 0 fully saturated rings. The van der Waals surface area contributed by atoms with Gasteiger partial charge in [0, 0.05) is 0 Å². The van der Waals surface area contributed by atoms with Gasteiger partial charge in [0.1, 0.15) is 0 Å². The summed E-state index contributed by atoms with van der Waals surface area (Å²) in [4.78, 5) is 23.7. The number of esters is 2. The molecule has 2 aromatic rings. The van der Waals surface area contributed by atoms with Gasteiger partial charge in [-0.05, 0) is 46.9 Å². The highest BCUT2D eigenvalue weighted by Crippen LogP contribution is 2.22. The third-order valence-electron chi connectivity index (χ3n) is 4.05. The Hall–Kier alpha value is -2.36. The van der Waals surface area contributed by atoms with Crippen molar-refractivity contribution in [3.05, 3.63) is 47.5 Å². The number of ether oxygens (including phenoxy) is 2. The smallest absolute Gasteiger partial charge is 0.338 e. The lowest BCUT2D eigenvalue weighted by Crippen LogP contribution is -2.21. The standard InChI is InChI=1S/C19H22O4/c1-5-19(2,3)12-23-18(21)16-9-7-13-10-15(17(20)22-4)8-6-14(13)11-16/h6-11H,5,12H2,1-4H3. The first-order valence-electron chi connectivity index (χ1n) is 7.65. The molecule has 0 unspecified atom stereocenters. The molecule has 0 heterocycles. The Kier molecular flexibility index (Phi) is 5.04. The number of hydrogen-bond acceptors (Lipinski definition) is 4. The van der Waals surface area contributed by atoms with Crippen LogP contribution in [0.3, 0.4) is 0 Å². The lowest BCUT2D eigenvalue weighted by molar-refractivity contribution is 0.0335. The molecule has 0 bridgehead atoms. The predicted molar refractivity (Wildman–Crippen MR) is 89.6 cm³/mol. The maximum atomic E-state index is 12.2. The molecule has 0 aliphatic carbocycles. The van der Waals surface area contributed by atoms with Crippen LogP contribution in [0.1, 0.15) is 47.9 Å². The van der Waals surface area contributed by atoms with Crippen molar-refractivity contribution < 1.29 is 19.1 Å². The zero-order chi connectivity index (χ0) is 17.0. The van der Waals surface area contributed by atoms with E-state index >= 15 is 0 Å². The summed E-state index contributed by atoms with van der Waals surface area (Å²) in [5, 5.41) is 1.75. The number of fused-ring (bicyclic) bond motifs is 1. The van der Waals surface area contributed by atoms with Gasteiger partial charge in [-0.2, -0.15) is 0 Å². The second kappa shape index (κ2) is 6.82. The average molecular weight is 314 g/mol. The van der Waals surface area contributed by atoms with Crippen LogP contribution >= 0.6 is 0 Å². The van der Waals surface area contributed by atoms with Crippen molar-refractivity contribution in [2.24, 2.45) is 5.41 Å². The van der Waals surface area contributed by atoms with Gasteiger partial charge < -0.3 is 9.47 Å². The molecule has 0 N–H and O–H groups in total. The first-order chi connectivity index (χ1) is 10.9. The van der Waals surface area contributed by atoms with Gasteiger partial charge in [-0.25, -0.2) is 9.59 Å². The molecule has 4 heteroatoms. The van der Waals surface area contributed by atoms with E-state index in [0.717, 1.165) is 17.2 Å². The first kappa shape index (κ1) is 17.0. The third kappa shape index (κ3) is 4.09. The van der Waals surface area contributed by atoms with Crippen molar-refractivity contribution in [2.45, 2.75) is 27.2 Å². The Balaban J connectivity index is 2.20. The highest BCUT2D eigenvalue weighted by molar-refractivity contribution is 5.98. The lowest BCUT2D eigenvalue weighted by atomic mass is 9.92. The number of hydrogen-bond donors (Lipinski definition) is 0. The van der Waals surface area contributed by atoms with Crippen molar-refractivity contribution in [1.82, 2.24) is 0 Å². The summed E-state index contributed by atoms with van der Waals surface area (Å²) in [7, 11) is 1.35. The van der Waals surface area contributed by atoms with Crippen LogP contribution in [-0.2, 0) is 9.47 Å². The third-order valence-corrected chi connectivity index (χ3v) is 4.05. The van der Waals surface area contributed by atoms with Gasteiger partial charge in [-0.3, -0.25) is 0 Å². The van der Waals surface area contributed by atoms with E-state index in [2.05, 4.69) is 20.8 Å². The zero-order valence-corrected chi connectivity index (χ0v) is 14.0. The van der Waals surface area contributed by atoms with Gasteiger partial charge in [0.15, 0.2) is 0 Å². The second-order valence-corrected chi connectivity index (χ2v) is 6.36. The minimum absolute atomic E-state index is 0.0259. The molecule has 0 spiro atoms. The fourth-order valence-electron chi connectivity index (χ4n) is 2.06. The molecule has 2 rings (SSSR count). The SMILES string of the molecule is CCC(C)(C)COC(=O)c1ccc2cc(C(=O)OC)ccc2c1. The van der Waals surface area contributed by atoms with Gasteiger partial charge >= 0.3 is 11.9 Å². The highest BCUT2D eigenvalue weighted by atomic mass is 16.5. The maximum absolute atomic E-state index is 12.2. The normalized spacial score (nSPS) is 11.3. The van der Waals surface area contributed by atoms with E-state index in [1.807, 2.05) is 6.07 Å². The summed E-state index contributed by atoms with van der Waals surface area (Å²) in [5.74, 6) is -0.706. The average Bonchev–Trinajstić information content (AvgIpc) is 2.58. The second-order valence-electron chi connectivity index (χ2n) is 6.36. The number of carbonyl (C=O) groups excluding carboxylic acids is 2. The molecule has 0 saturated heterocycles. The van der Waals surface area contributed by atoms with Gasteiger partial charge in [-0.15, -0.1) is 0 Å². The summed E-state index contributed by atoms with van der Waals surface area (Å²) in [6, 6.07) is 10.5. The lowest BCUT2D eigenvalue weighted by Gasteiger charge is -2.21. The summed E-state index contributed by atoms with van der Waals surface area (Å²) in [6.07, 6.45) is 0.939. The highest BCUT2D eigenvalue weighted by Gasteiger charge is 2.18. The van der Waals surface area contributed by atoms with E-state index in [9.17, 15) is 9.59 Å². The van der Waals surface area contributed by atoms with Crippen molar-refractivity contribution in [3.63, 3.8) is 0 Å². The Morgan fingerprint density at radius 2 is 1.48 bits per heavy atom. The van der Waals surface area contributed by atoms with E-state index in [1.165, 1.54) is 7.11 Å². The van der Waals surface area contributed by atoms with Crippen LogP contribution in [0.5, 0.6) is 0 Å². The molecule has 0 radical (unpaired) electrons. The van der Waals surface area contributed by atoms with Gasteiger partial charge in [0.05, 0.1) is 24.8 Å². The van der Waals surface area contributed by atoms with Crippen LogP contribution in [0.15, 0.2) is 36.4 Å². The Bertz CT molecular complexity index is 731. The molecule has 4 nitrogen and oxygen atoms in total. The van der Waals surface area contributed by atoms with E-state index in [1.54, 1.807) is 30.3 Å². The number of benzene rings is 2. The van der Waals surface area contributed by atoms with Crippen LogP contribution in [0.4, 0.5) is 0 Å². The number of methoxy groups -OCH3 is 1. The van der Waals surface area contributed by atoms with Crippen molar-refractivity contribution in [2.75, 3.05) is 13.7 Å². The Morgan fingerprint density at radius 3 is 1.96 bits per heavy atom. The summed E-state index contributed by atoms with van der Waals surface area (Å²) in [6.45, 7) is 6.59. The molecule has 0 saturated carbocycles. The largest absolute Gasteiger partial charge is 0.465 e. The molecule has 2 aromatic carbocycles. The zero-order valence-electron chi connectivity index (χ0n) is 14.0. The summed E-state index contributed by atoms with van der Waals surface area (Å²) < 4.78 is 10.1. The van der Waals surface area contributed by atoms with E-state index in [0.29, 0.717) is 17.7 Å². The number of rotatable bonds is 5. The molecule has 0 aliphatic rings. The number of carbonyl (C=O) groups is 2. The maximum Gasteiger partial charge on any atom is 0.338 e. The minimum Gasteiger partial charge on any atom is -0.465 e. The van der Waals surface area contributed by atoms with Crippen molar-refractivity contribution in [3.8, 4) is 0 Å². The van der Waals surface area contributed by atoms with E-state index in [-0.39, 0.29) is 17.4 Å². The van der Waals surface area contributed by atoms with Crippen molar-refractivity contribution >= 4 is 22.7 Å². The molecule has 23 heavy (non-hydrogen) atoms. The Morgan fingerprint density at radius 1 is 0.957 bits per heavy atom. The van der Waals surface area contributed by atoms with E-state index < -0.39 is 0 Å². The fraction of sp³-hybridized carbons (Fsp3) is 0.368. The first-order valence-corrected chi connectivity index (χ1v) is 7.65. The fourth-order valence-corrected chi connectivity index (χ4v) is 2.06. The molecule has 0 aromatic heterocycles. The summed E-state index contributed by atoms with van der Waals surface area (Å²) >= 11 is 0. The summed E-state index contributed by atoms with van der Waals surface area (Å²) in [5.41, 5.74) is 0.970. The molecule has 0 amide bonds. The molecule has 122 valence electrons. The molecular formula is C19H22O4. The minimum atomic E-state index is -0.378. The van der Waals surface area contributed by atoms with Crippen LogP contribution in [0.2, 0.25) is 0 Å². The van der Waals surface area contributed by atoms with Crippen LogP contribution in [-0.4, -0.2) is 25.7 Å². The molecule has 0 aliphatic heterocycles. The van der Waals surface area contributed by atoms with Crippen LogP contribution in [0.25, 0.3) is 10.8 Å². The Labute approximate surface area is 136 Å². The van der Waals surface area contributed by atoms with Crippen LogP contribution < -0.4 is 0 Å². The van der Waals surface area contributed by atoms with E-state index in [4.69, 9.17) is 9.47 Å². The molecule has 0 atom stereocenters. The van der Waals surface area contributed by atoms with Crippen molar-refractivity contribution in [1.29, 1.82) is 0 Å². The monoisotopic (exact) mass is 314 g/mol. The predicted octanol–water partition coefficient (Wildman–Crippen LogP) is 4.22. The topological polar surface area (TPSA) is 52.6 Å². The van der Waals surface area contributed by atoms with Gasteiger partial charge in [-0.1, -0.05) is 32.9 Å². The molecular weight excluding hydrogens is 292 g/mol. The van der Waals surface area contributed by atoms with Gasteiger partial charge in [0.25, 0.3) is 0 Å².